The molecule has 0 aliphatic heterocycles. The summed E-state index contributed by atoms with van der Waals surface area (Å²) in [6, 6.07) is 0. The number of nitrogens with two attached hydrogens (primary N) is 1. The maximum atomic E-state index is 11.5. The topological polar surface area (TPSA) is 63.4 Å². The van der Waals surface area contributed by atoms with Crippen molar-refractivity contribution in [3.05, 3.63) is 0 Å². The van der Waals surface area contributed by atoms with Gasteiger partial charge in [0.05, 0.1) is 5.75 Å². The molecule has 1 aliphatic rings. The largest absolute Gasteiger partial charge is 0.330 e. The van der Waals surface area contributed by atoms with Crippen molar-refractivity contribution >= 4 is 10.0 Å². The molecule has 0 spiro atoms. The molecule has 0 bridgehead atoms. The molecule has 0 aromatic carbocycles. The number of hydrogen-bond donors (Lipinski definition) is 1. The summed E-state index contributed by atoms with van der Waals surface area (Å²) in [5.41, 5.74) is 5.75. The van der Waals surface area contributed by atoms with Gasteiger partial charge in [-0.1, -0.05) is 6.42 Å². The fourth-order valence-corrected chi connectivity index (χ4v) is 2.81. The smallest absolute Gasteiger partial charge is 0.213 e. The van der Waals surface area contributed by atoms with Crippen LogP contribution in [0.2, 0.25) is 0 Å². The van der Waals surface area contributed by atoms with E-state index in [9.17, 15) is 8.42 Å². The lowest BCUT2D eigenvalue weighted by molar-refractivity contribution is 0.118. The van der Waals surface area contributed by atoms with Crippen molar-refractivity contribution in [3.8, 4) is 0 Å². The second-order valence-electron chi connectivity index (χ2n) is 4.21. The first-order chi connectivity index (χ1) is 6.46. The molecule has 14 heavy (non-hydrogen) atoms. The van der Waals surface area contributed by atoms with E-state index in [2.05, 4.69) is 0 Å². The Hall–Kier alpha value is -0.130. The van der Waals surface area contributed by atoms with Gasteiger partial charge in [-0.15, -0.1) is 0 Å². The van der Waals surface area contributed by atoms with Gasteiger partial charge in [-0.3, -0.25) is 0 Å². The highest BCUT2D eigenvalue weighted by atomic mass is 32.2. The van der Waals surface area contributed by atoms with Crippen LogP contribution in [-0.2, 0) is 10.0 Å². The predicted molar refractivity (Wildman–Crippen MR) is 57.4 cm³/mol. The van der Waals surface area contributed by atoms with Gasteiger partial charge < -0.3 is 5.73 Å². The average Bonchev–Trinajstić information content (AvgIpc) is 2.10. The van der Waals surface area contributed by atoms with Crippen LogP contribution < -0.4 is 5.73 Å². The van der Waals surface area contributed by atoms with Gasteiger partial charge in [0.25, 0.3) is 0 Å². The molecule has 0 saturated heterocycles. The van der Waals surface area contributed by atoms with Crippen LogP contribution in [0.4, 0.5) is 0 Å². The number of rotatable bonds is 5. The fraction of sp³-hybridized carbons (Fsp3) is 1.00. The van der Waals surface area contributed by atoms with Crippen molar-refractivity contribution in [2.24, 2.45) is 11.1 Å². The maximum Gasteiger partial charge on any atom is 0.213 e. The Morgan fingerprint density at radius 1 is 1.43 bits per heavy atom. The molecule has 0 aromatic rings. The summed E-state index contributed by atoms with van der Waals surface area (Å²) in [5, 5.41) is 0. The second kappa shape index (κ2) is 4.16. The minimum atomic E-state index is -3.04. The lowest BCUT2D eigenvalue weighted by Crippen LogP contribution is -2.47. The van der Waals surface area contributed by atoms with Crippen LogP contribution in [0.3, 0.4) is 0 Å². The van der Waals surface area contributed by atoms with Crippen LogP contribution in [0.1, 0.15) is 26.2 Å². The zero-order valence-electron chi connectivity index (χ0n) is 8.99. The van der Waals surface area contributed by atoms with E-state index in [0.717, 1.165) is 12.8 Å². The fourth-order valence-electron chi connectivity index (χ4n) is 1.89. The standard InChI is InChI=1S/C9H20N2O2S/c1-3-14(12,13)11(2)8-9(7-10)5-4-6-9/h3-8,10H2,1-2H3. The van der Waals surface area contributed by atoms with E-state index < -0.39 is 10.0 Å². The Morgan fingerprint density at radius 2 is 2.00 bits per heavy atom. The highest BCUT2D eigenvalue weighted by Gasteiger charge is 2.38. The molecule has 0 aromatic heterocycles. The van der Waals surface area contributed by atoms with E-state index in [1.807, 2.05) is 0 Å². The summed E-state index contributed by atoms with van der Waals surface area (Å²) >= 11 is 0. The molecular formula is C9H20N2O2S. The van der Waals surface area contributed by atoms with E-state index in [1.54, 1.807) is 14.0 Å². The highest BCUT2D eigenvalue weighted by Crippen LogP contribution is 2.40. The summed E-state index contributed by atoms with van der Waals surface area (Å²) in [7, 11) is -1.39. The minimum Gasteiger partial charge on any atom is -0.330 e. The molecule has 2 N–H and O–H groups in total. The summed E-state index contributed by atoms with van der Waals surface area (Å²) in [4.78, 5) is 0. The first-order valence-electron chi connectivity index (χ1n) is 5.10. The number of sulfonamides is 1. The quantitative estimate of drug-likeness (QED) is 0.729. The lowest BCUT2D eigenvalue weighted by Gasteiger charge is -2.43. The van der Waals surface area contributed by atoms with Gasteiger partial charge >= 0.3 is 0 Å². The molecule has 1 saturated carbocycles. The van der Waals surface area contributed by atoms with Crippen LogP contribution in [0.25, 0.3) is 0 Å². The van der Waals surface area contributed by atoms with Gasteiger partial charge in [0.2, 0.25) is 10.0 Å². The Bertz CT molecular complexity index is 278. The van der Waals surface area contributed by atoms with Gasteiger partial charge in [-0.2, -0.15) is 0 Å². The molecule has 1 rings (SSSR count). The molecule has 0 unspecified atom stereocenters. The van der Waals surface area contributed by atoms with Gasteiger partial charge in [-0.25, -0.2) is 12.7 Å². The Balaban J connectivity index is 2.60. The minimum absolute atomic E-state index is 0.0665. The predicted octanol–water partition coefficient (Wildman–Crippen LogP) is 0.397. The molecule has 84 valence electrons. The molecule has 5 heteroatoms. The van der Waals surface area contributed by atoms with E-state index in [-0.39, 0.29) is 11.2 Å². The number of hydrogen-bond acceptors (Lipinski definition) is 3. The van der Waals surface area contributed by atoms with Crippen molar-refractivity contribution in [3.63, 3.8) is 0 Å². The SMILES string of the molecule is CCS(=O)(=O)N(C)CC1(CN)CCC1. The zero-order chi connectivity index (χ0) is 10.8. The third-order valence-corrected chi connectivity index (χ3v) is 5.05. The van der Waals surface area contributed by atoms with Gasteiger partial charge in [0.1, 0.15) is 0 Å². The maximum absolute atomic E-state index is 11.5. The average molecular weight is 220 g/mol. The van der Waals surface area contributed by atoms with Crippen LogP contribution in [0, 0.1) is 5.41 Å². The lowest BCUT2D eigenvalue weighted by atomic mass is 9.69. The molecule has 0 atom stereocenters. The van der Waals surface area contributed by atoms with Crippen LogP contribution >= 0.6 is 0 Å². The molecule has 0 heterocycles. The molecule has 4 nitrogen and oxygen atoms in total. The van der Waals surface area contributed by atoms with Gasteiger partial charge in [0, 0.05) is 13.6 Å². The van der Waals surface area contributed by atoms with Gasteiger partial charge in [0.15, 0.2) is 0 Å². The highest BCUT2D eigenvalue weighted by molar-refractivity contribution is 7.89. The zero-order valence-corrected chi connectivity index (χ0v) is 9.81. The van der Waals surface area contributed by atoms with E-state index >= 15 is 0 Å². The van der Waals surface area contributed by atoms with E-state index in [4.69, 9.17) is 5.73 Å². The summed E-state index contributed by atoms with van der Waals surface area (Å²) in [6.45, 7) is 2.85. The van der Waals surface area contributed by atoms with Crippen molar-refractivity contribution in [2.75, 3.05) is 25.9 Å². The molecule has 0 amide bonds. The Labute approximate surface area is 86.5 Å². The monoisotopic (exact) mass is 220 g/mol. The van der Waals surface area contributed by atoms with Gasteiger partial charge in [-0.05, 0) is 31.7 Å². The molecular weight excluding hydrogens is 200 g/mol. The summed E-state index contributed by atoms with van der Waals surface area (Å²) in [5.74, 6) is 0.171. The van der Waals surface area contributed by atoms with Crippen LogP contribution in [-0.4, -0.2) is 38.6 Å². The first-order valence-corrected chi connectivity index (χ1v) is 6.71. The van der Waals surface area contributed by atoms with Crippen molar-refractivity contribution in [1.29, 1.82) is 0 Å². The third-order valence-electron chi connectivity index (χ3n) is 3.24. The Morgan fingerprint density at radius 3 is 2.29 bits per heavy atom. The van der Waals surface area contributed by atoms with Crippen molar-refractivity contribution < 1.29 is 8.42 Å². The number of nitrogens with zero attached hydrogens (tertiary/aromatic N) is 1. The Kier molecular flexibility index (Phi) is 3.55. The molecule has 1 fully saturated rings. The first kappa shape index (κ1) is 11.9. The molecule has 0 radical (unpaired) electrons. The van der Waals surface area contributed by atoms with Crippen LogP contribution in [0.15, 0.2) is 0 Å². The van der Waals surface area contributed by atoms with E-state index in [0.29, 0.717) is 13.1 Å². The summed E-state index contributed by atoms with van der Waals surface area (Å²) < 4.78 is 24.5. The third kappa shape index (κ3) is 2.27. The van der Waals surface area contributed by atoms with E-state index in [1.165, 1.54) is 10.7 Å². The molecule has 1 aliphatic carbocycles. The second-order valence-corrected chi connectivity index (χ2v) is 6.58. The van der Waals surface area contributed by atoms with Crippen molar-refractivity contribution in [1.82, 2.24) is 4.31 Å². The van der Waals surface area contributed by atoms with Crippen molar-refractivity contribution in [2.45, 2.75) is 26.2 Å². The summed E-state index contributed by atoms with van der Waals surface area (Å²) in [6.07, 6.45) is 3.30. The normalized spacial score (nSPS) is 20.9. The van der Waals surface area contributed by atoms with Crippen LogP contribution in [0.5, 0.6) is 0 Å².